The van der Waals surface area contributed by atoms with E-state index in [4.69, 9.17) is 9.47 Å². The van der Waals surface area contributed by atoms with Gasteiger partial charge in [-0.05, 0) is 41.7 Å². The Morgan fingerprint density at radius 2 is 2.50 bits per heavy atom. The fraction of sp³-hybridized carbons (Fsp3) is 0.615. The first-order valence-corrected chi connectivity index (χ1v) is 7.26. The summed E-state index contributed by atoms with van der Waals surface area (Å²) in [6, 6.07) is 2.00. The van der Waals surface area contributed by atoms with Gasteiger partial charge in [0, 0.05) is 13.2 Å². The Balaban J connectivity index is 1.54. The number of nitrogens with one attached hydrogen (secondary N) is 1. The van der Waals surface area contributed by atoms with E-state index in [1.165, 1.54) is 6.42 Å². The Morgan fingerprint density at radius 1 is 1.56 bits per heavy atom. The minimum absolute atomic E-state index is 0.0722. The predicted octanol–water partition coefficient (Wildman–Crippen LogP) is 1.95. The molecule has 0 spiro atoms. The standard InChI is InChI=1S/C13H19NO3S/c15-13(14-7-11-4-6-18-10-11)9-16-8-12-3-1-2-5-17-12/h4,6,10,12H,1-3,5,7-9H2,(H,14,15)/t12-/m1/s1. The van der Waals surface area contributed by atoms with E-state index in [1.807, 2.05) is 16.8 Å². The molecule has 1 fully saturated rings. The van der Waals surface area contributed by atoms with Crippen LogP contribution in [0.3, 0.4) is 0 Å². The molecule has 1 saturated heterocycles. The molecule has 5 heteroatoms. The molecule has 1 aliphatic heterocycles. The molecule has 1 amide bonds. The molecule has 1 aromatic heterocycles. The minimum atomic E-state index is -0.0722. The maximum absolute atomic E-state index is 11.5. The van der Waals surface area contributed by atoms with Gasteiger partial charge in [-0.25, -0.2) is 0 Å². The molecule has 2 heterocycles. The van der Waals surface area contributed by atoms with Crippen molar-refractivity contribution in [2.24, 2.45) is 0 Å². The van der Waals surface area contributed by atoms with Crippen molar-refractivity contribution in [3.63, 3.8) is 0 Å². The van der Waals surface area contributed by atoms with Crippen LogP contribution < -0.4 is 5.32 Å². The third-order valence-electron chi connectivity index (χ3n) is 2.88. The van der Waals surface area contributed by atoms with Gasteiger partial charge in [0.25, 0.3) is 0 Å². The van der Waals surface area contributed by atoms with Crippen LogP contribution in [0.1, 0.15) is 24.8 Å². The zero-order valence-corrected chi connectivity index (χ0v) is 11.2. The van der Waals surface area contributed by atoms with Gasteiger partial charge in [0.1, 0.15) is 6.61 Å². The maximum atomic E-state index is 11.5. The number of amides is 1. The van der Waals surface area contributed by atoms with E-state index < -0.39 is 0 Å². The summed E-state index contributed by atoms with van der Waals surface area (Å²) in [5.41, 5.74) is 1.13. The molecule has 1 N–H and O–H groups in total. The average Bonchev–Trinajstić information content (AvgIpc) is 2.91. The van der Waals surface area contributed by atoms with E-state index in [2.05, 4.69) is 5.32 Å². The summed E-state index contributed by atoms with van der Waals surface area (Å²) in [6.45, 7) is 2.03. The number of carbonyl (C=O) groups is 1. The number of ether oxygens (including phenoxy) is 2. The van der Waals surface area contributed by atoms with Gasteiger partial charge in [-0.3, -0.25) is 4.79 Å². The smallest absolute Gasteiger partial charge is 0.246 e. The largest absolute Gasteiger partial charge is 0.376 e. The van der Waals surface area contributed by atoms with Gasteiger partial charge in [-0.2, -0.15) is 11.3 Å². The van der Waals surface area contributed by atoms with Gasteiger partial charge < -0.3 is 14.8 Å². The van der Waals surface area contributed by atoms with Gasteiger partial charge in [0.2, 0.25) is 5.91 Å². The molecule has 0 bridgehead atoms. The first-order chi connectivity index (χ1) is 8.84. The Morgan fingerprint density at radius 3 is 3.22 bits per heavy atom. The summed E-state index contributed by atoms with van der Waals surface area (Å²) in [7, 11) is 0. The highest BCUT2D eigenvalue weighted by molar-refractivity contribution is 7.07. The molecule has 18 heavy (non-hydrogen) atoms. The lowest BCUT2D eigenvalue weighted by molar-refractivity contribution is -0.128. The first kappa shape index (κ1) is 13.5. The number of carbonyl (C=O) groups excluding carboxylic acids is 1. The third kappa shape index (κ3) is 4.76. The van der Waals surface area contributed by atoms with E-state index in [0.29, 0.717) is 13.2 Å². The van der Waals surface area contributed by atoms with Crippen LogP contribution >= 0.6 is 11.3 Å². The molecular weight excluding hydrogens is 250 g/mol. The van der Waals surface area contributed by atoms with Crippen LogP contribution in [0, 0.1) is 0 Å². The topological polar surface area (TPSA) is 47.6 Å². The Hall–Kier alpha value is -0.910. The second-order valence-electron chi connectivity index (χ2n) is 4.41. The van der Waals surface area contributed by atoms with Crippen molar-refractivity contribution in [1.82, 2.24) is 5.32 Å². The second-order valence-corrected chi connectivity index (χ2v) is 5.19. The molecular formula is C13H19NO3S. The van der Waals surface area contributed by atoms with Gasteiger partial charge in [0.15, 0.2) is 0 Å². The lowest BCUT2D eigenvalue weighted by Crippen LogP contribution is -2.30. The van der Waals surface area contributed by atoms with Crippen molar-refractivity contribution in [3.05, 3.63) is 22.4 Å². The van der Waals surface area contributed by atoms with E-state index in [9.17, 15) is 4.79 Å². The van der Waals surface area contributed by atoms with Crippen LogP contribution in [0.5, 0.6) is 0 Å². The lowest BCUT2D eigenvalue weighted by Gasteiger charge is -2.22. The molecule has 0 unspecified atom stereocenters. The van der Waals surface area contributed by atoms with Crippen LogP contribution in [-0.2, 0) is 20.8 Å². The molecule has 0 aromatic carbocycles. The van der Waals surface area contributed by atoms with E-state index in [-0.39, 0.29) is 18.6 Å². The molecule has 0 radical (unpaired) electrons. The first-order valence-electron chi connectivity index (χ1n) is 6.32. The van der Waals surface area contributed by atoms with Crippen LogP contribution in [0.15, 0.2) is 16.8 Å². The Kier molecular flexibility index (Phi) is 5.64. The van der Waals surface area contributed by atoms with Gasteiger partial charge in [0.05, 0.1) is 12.7 Å². The predicted molar refractivity (Wildman–Crippen MR) is 70.6 cm³/mol. The van der Waals surface area contributed by atoms with Gasteiger partial charge >= 0.3 is 0 Å². The molecule has 1 aliphatic rings. The summed E-state index contributed by atoms with van der Waals surface area (Å²) in [6.07, 6.45) is 3.54. The van der Waals surface area contributed by atoms with Crippen molar-refractivity contribution in [2.75, 3.05) is 19.8 Å². The second kappa shape index (κ2) is 7.51. The zero-order chi connectivity index (χ0) is 12.6. The van der Waals surface area contributed by atoms with E-state index >= 15 is 0 Å². The molecule has 0 saturated carbocycles. The van der Waals surface area contributed by atoms with E-state index in [1.54, 1.807) is 11.3 Å². The molecule has 0 aliphatic carbocycles. The van der Waals surface area contributed by atoms with Crippen molar-refractivity contribution in [3.8, 4) is 0 Å². The monoisotopic (exact) mass is 269 g/mol. The minimum Gasteiger partial charge on any atom is -0.376 e. The van der Waals surface area contributed by atoms with Crippen molar-refractivity contribution < 1.29 is 14.3 Å². The normalized spacial score (nSPS) is 19.7. The molecule has 1 atom stereocenters. The number of rotatable bonds is 6. The average molecular weight is 269 g/mol. The quantitative estimate of drug-likeness (QED) is 0.858. The summed E-state index contributed by atoms with van der Waals surface area (Å²) in [5, 5.41) is 6.85. The number of hydrogen-bond acceptors (Lipinski definition) is 4. The third-order valence-corrected chi connectivity index (χ3v) is 3.61. The van der Waals surface area contributed by atoms with Crippen LogP contribution in [0.4, 0.5) is 0 Å². The van der Waals surface area contributed by atoms with Crippen LogP contribution in [0.2, 0.25) is 0 Å². The fourth-order valence-electron chi connectivity index (χ4n) is 1.87. The molecule has 4 nitrogen and oxygen atoms in total. The van der Waals surface area contributed by atoms with Crippen LogP contribution in [-0.4, -0.2) is 31.8 Å². The van der Waals surface area contributed by atoms with Crippen molar-refractivity contribution in [1.29, 1.82) is 0 Å². The Bertz CT molecular complexity index is 347. The number of thiophene rings is 1. The molecule has 100 valence electrons. The highest BCUT2D eigenvalue weighted by atomic mass is 32.1. The van der Waals surface area contributed by atoms with E-state index in [0.717, 1.165) is 25.0 Å². The summed E-state index contributed by atoms with van der Waals surface area (Å²) in [5.74, 6) is -0.0722. The van der Waals surface area contributed by atoms with Crippen molar-refractivity contribution in [2.45, 2.75) is 31.9 Å². The van der Waals surface area contributed by atoms with Crippen LogP contribution in [0.25, 0.3) is 0 Å². The summed E-state index contributed by atoms with van der Waals surface area (Å²) >= 11 is 1.63. The molecule has 2 rings (SSSR count). The fourth-order valence-corrected chi connectivity index (χ4v) is 2.54. The highest BCUT2D eigenvalue weighted by Crippen LogP contribution is 2.12. The molecule has 1 aromatic rings. The van der Waals surface area contributed by atoms with Gasteiger partial charge in [-0.1, -0.05) is 0 Å². The SMILES string of the molecule is O=C(COC[C@H]1CCCCO1)NCc1ccsc1. The summed E-state index contributed by atoms with van der Waals surface area (Å²) < 4.78 is 10.9. The Labute approximate surface area is 111 Å². The van der Waals surface area contributed by atoms with Crippen molar-refractivity contribution >= 4 is 17.2 Å². The maximum Gasteiger partial charge on any atom is 0.246 e. The van der Waals surface area contributed by atoms with Gasteiger partial charge in [-0.15, -0.1) is 0 Å². The lowest BCUT2D eigenvalue weighted by atomic mass is 10.1. The number of hydrogen-bond donors (Lipinski definition) is 1. The highest BCUT2D eigenvalue weighted by Gasteiger charge is 2.14. The summed E-state index contributed by atoms with van der Waals surface area (Å²) in [4.78, 5) is 11.5. The zero-order valence-electron chi connectivity index (χ0n) is 10.4.